The molecule has 11 aromatic carbocycles. The molecule has 0 N–H and O–H groups in total. The Morgan fingerprint density at radius 1 is 0.293 bits per heavy atom. The second-order valence-corrected chi connectivity index (χ2v) is 20.2. The minimum absolute atomic E-state index is 0.0926. The summed E-state index contributed by atoms with van der Waals surface area (Å²) < 4.78 is 0. The van der Waals surface area contributed by atoms with Gasteiger partial charge in [-0.1, -0.05) is 250 Å². The van der Waals surface area contributed by atoms with Crippen LogP contribution in [0.25, 0.3) is 67.8 Å². The molecule has 75 heavy (non-hydrogen) atoms. The van der Waals surface area contributed by atoms with Gasteiger partial charge in [0.15, 0.2) is 0 Å². The minimum Gasteiger partial charge on any atom is -0.310 e. The van der Waals surface area contributed by atoms with E-state index in [9.17, 15) is 0 Å². The summed E-state index contributed by atoms with van der Waals surface area (Å²) in [5, 5.41) is 0. The van der Waals surface area contributed by atoms with Crippen LogP contribution in [-0.2, 0) is 10.8 Å². The Labute approximate surface area is 442 Å². The van der Waals surface area contributed by atoms with Crippen molar-refractivity contribution in [2.24, 2.45) is 0 Å². The molecule has 0 amide bonds. The fourth-order valence-electron chi connectivity index (χ4n) is 12.8. The van der Waals surface area contributed by atoms with Crippen molar-refractivity contribution in [3.8, 4) is 55.6 Å². The topological polar surface area (TPSA) is 3.24 Å². The first-order valence-corrected chi connectivity index (χ1v) is 26.6. The lowest BCUT2D eigenvalue weighted by atomic mass is 9.67. The van der Waals surface area contributed by atoms with E-state index in [1.54, 1.807) is 0 Å². The van der Waals surface area contributed by atoms with E-state index in [0.29, 0.717) is 0 Å². The van der Waals surface area contributed by atoms with Gasteiger partial charge < -0.3 is 4.90 Å². The highest BCUT2D eigenvalue weighted by Gasteiger charge is 2.46. The van der Waals surface area contributed by atoms with Gasteiger partial charge in [-0.15, -0.1) is 0 Å². The number of nitrogens with zero attached hydrogens (tertiary/aromatic N) is 1. The molecule has 0 spiro atoms. The van der Waals surface area contributed by atoms with Crippen LogP contribution >= 0.6 is 0 Å². The fraction of sp³-hybridized carbons (Fsp3) is 0.0811. The van der Waals surface area contributed by atoms with Crippen LogP contribution in [0.4, 0.5) is 17.1 Å². The maximum Gasteiger partial charge on any atom is 0.0713 e. The summed E-state index contributed by atoms with van der Waals surface area (Å²) in [4.78, 5) is 2.38. The van der Waals surface area contributed by atoms with E-state index in [4.69, 9.17) is 0 Å². The van der Waals surface area contributed by atoms with Gasteiger partial charge in [0, 0.05) is 22.5 Å². The van der Waals surface area contributed by atoms with Gasteiger partial charge >= 0.3 is 0 Å². The zero-order chi connectivity index (χ0) is 50.3. The molecular weight excluding hydrogens is 903 g/mol. The van der Waals surface area contributed by atoms with E-state index < -0.39 is 5.41 Å². The maximum atomic E-state index is 2.48. The van der Waals surface area contributed by atoms with Crippen LogP contribution in [0, 0.1) is 0 Å². The van der Waals surface area contributed by atoms with Crippen LogP contribution in [0.2, 0.25) is 0 Å². The summed E-state index contributed by atoms with van der Waals surface area (Å²) in [6, 6.07) is 101. The third-order valence-electron chi connectivity index (χ3n) is 16.4. The predicted molar refractivity (Wildman–Crippen MR) is 317 cm³/mol. The number of para-hydroxylation sites is 2. The number of hydrogen-bond donors (Lipinski definition) is 0. The van der Waals surface area contributed by atoms with Gasteiger partial charge in [0.25, 0.3) is 0 Å². The minimum atomic E-state index is -0.476. The number of anilines is 3. The average Bonchev–Trinajstić information content (AvgIpc) is 3.96. The Kier molecular flexibility index (Phi) is 11.7. The first kappa shape index (κ1) is 45.8. The Balaban J connectivity index is 0.858. The molecule has 0 atom stereocenters. The molecule has 13 rings (SSSR count). The summed E-state index contributed by atoms with van der Waals surface area (Å²) in [5.41, 5.74) is 25.8. The van der Waals surface area contributed by atoms with Crippen LogP contribution in [0.5, 0.6) is 0 Å². The molecule has 0 radical (unpaired) electrons. The Bertz CT molecular complexity index is 3790. The lowest BCUT2D eigenvalue weighted by molar-refractivity contribution is 0.490. The quantitative estimate of drug-likeness (QED) is 0.110. The predicted octanol–water partition coefficient (Wildman–Crippen LogP) is 19.8. The maximum absolute atomic E-state index is 2.48. The molecule has 1 nitrogen and oxygen atoms in total. The lowest BCUT2D eigenvalue weighted by Gasteiger charge is -2.34. The molecule has 0 fully saturated rings. The summed E-state index contributed by atoms with van der Waals surface area (Å²) in [7, 11) is 0. The molecule has 2 aliphatic rings. The summed E-state index contributed by atoms with van der Waals surface area (Å²) in [6.07, 6.45) is 6.61. The van der Waals surface area contributed by atoms with E-state index >= 15 is 0 Å². The van der Waals surface area contributed by atoms with Gasteiger partial charge in [-0.05, 0) is 162 Å². The summed E-state index contributed by atoms with van der Waals surface area (Å²) in [5.74, 6) is 0. The molecular formula is C74H57N. The standard InChI is InChI=1S/C74H57N/c1-3-73(4-2)70-48-53(38-44-65(70)66-47-43-62(51-71(66)73)75(60-28-16-8-17-29-60)61-30-18-9-19-31-61)35-34-52-36-39-55(40-37-52)68-49-56(54-22-10-5-11-23-54)41-45-63(68)57-42-46-67-64-32-20-21-33-69(64)74(72(67)50-57,58-24-12-6-13-25-58)59-26-14-7-15-27-59/h5-51H,3-4H2,1-2H3/b35-34+. The van der Waals surface area contributed by atoms with E-state index in [1.165, 1.54) is 100 Å². The van der Waals surface area contributed by atoms with Crippen molar-refractivity contribution in [1.82, 2.24) is 0 Å². The molecule has 1 heteroatoms. The molecule has 2 aliphatic carbocycles. The fourth-order valence-corrected chi connectivity index (χ4v) is 12.8. The molecule has 0 saturated carbocycles. The van der Waals surface area contributed by atoms with Crippen molar-refractivity contribution < 1.29 is 0 Å². The number of hydrogen-bond acceptors (Lipinski definition) is 1. The van der Waals surface area contributed by atoms with Crippen LogP contribution in [0.15, 0.2) is 273 Å². The van der Waals surface area contributed by atoms with Gasteiger partial charge in [0.2, 0.25) is 0 Å². The zero-order valence-electron chi connectivity index (χ0n) is 42.5. The van der Waals surface area contributed by atoms with E-state index in [1.807, 2.05) is 0 Å². The first-order chi connectivity index (χ1) is 37.1. The Morgan fingerprint density at radius 2 is 0.760 bits per heavy atom. The highest BCUT2D eigenvalue weighted by molar-refractivity contribution is 5.93. The largest absolute Gasteiger partial charge is 0.310 e. The van der Waals surface area contributed by atoms with E-state index in [-0.39, 0.29) is 5.41 Å². The Morgan fingerprint density at radius 3 is 1.40 bits per heavy atom. The van der Waals surface area contributed by atoms with Crippen molar-refractivity contribution >= 4 is 29.2 Å². The second kappa shape index (κ2) is 19.1. The number of benzene rings is 11. The molecule has 0 heterocycles. The van der Waals surface area contributed by atoms with Crippen molar-refractivity contribution in [2.75, 3.05) is 4.90 Å². The SMILES string of the molecule is CCC1(CC)c2cc(/C=C/c3ccc(-c4cc(-c5ccccc5)ccc4-c4ccc5c(c4)C(c4ccccc4)(c4ccccc4)c4ccccc4-5)cc3)ccc2-c2ccc(N(c3ccccc3)c3ccccc3)cc21. The molecule has 0 saturated heterocycles. The average molecular weight is 960 g/mol. The van der Waals surface area contributed by atoms with Crippen molar-refractivity contribution in [2.45, 2.75) is 37.5 Å². The third-order valence-corrected chi connectivity index (χ3v) is 16.4. The lowest BCUT2D eigenvalue weighted by Crippen LogP contribution is -2.28. The Hall–Kier alpha value is -9.04. The molecule has 0 aliphatic heterocycles. The van der Waals surface area contributed by atoms with Crippen molar-refractivity contribution in [3.05, 3.63) is 317 Å². The summed E-state index contributed by atoms with van der Waals surface area (Å²) in [6.45, 7) is 4.72. The normalized spacial score (nSPS) is 13.5. The molecule has 0 unspecified atom stereocenters. The van der Waals surface area contributed by atoms with Crippen molar-refractivity contribution in [3.63, 3.8) is 0 Å². The van der Waals surface area contributed by atoms with Gasteiger partial charge in [0.1, 0.15) is 0 Å². The van der Waals surface area contributed by atoms with Gasteiger partial charge in [-0.2, -0.15) is 0 Å². The molecule has 358 valence electrons. The van der Waals surface area contributed by atoms with Gasteiger partial charge in [-0.3, -0.25) is 0 Å². The van der Waals surface area contributed by atoms with Crippen LogP contribution in [-0.4, -0.2) is 0 Å². The molecule has 11 aromatic rings. The van der Waals surface area contributed by atoms with E-state index in [0.717, 1.165) is 29.8 Å². The third kappa shape index (κ3) is 7.69. The van der Waals surface area contributed by atoms with Crippen molar-refractivity contribution in [1.29, 1.82) is 0 Å². The summed E-state index contributed by atoms with van der Waals surface area (Å²) >= 11 is 0. The van der Waals surface area contributed by atoms with Gasteiger partial charge in [0.05, 0.1) is 5.41 Å². The molecule has 0 bridgehead atoms. The monoisotopic (exact) mass is 959 g/mol. The second-order valence-electron chi connectivity index (χ2n) is 20.2. The smallest absolute Gasteiger partial charge is 0.0713 e. The highest BCUT2D eigenvalue weighted by Crippen LogP contribution is 2.58. The number of rotatable bonds is 12. The first-order valence-electron chi connectivity index (χ1n) is 26.6. The van der Waals surface area contributed by atoms with E-state index in [2.05, 4.69) is 304 Å². The number of fused-ring (bicyclic) bond motifs is 6. The van der Waals surface area contributed by atoms with Gasteiger partial charge in [-0.25, -0.2) is 0 Å². The van der Waals surface area contributed by atoms with Crippen LogP contribution in [0.1, 0.15) is 71.2 Å². The molecule has 0 aromatic heterocycles. The van der Waals surface area contributed by atoms with Crippen LogP contribution in [0.3, 0.4) is 0 Å². The highest BCUT2D eigenvalue weighted by atomic mass is 15.1. The van der Waals surface area contributed by atoms with Crippen LogP contribution < -0.4 is 4.90 Å². The zero-order valence-corrected chi connectivity index (χ0v) is 42.5.